The van der Waals surface area contributed by atoms with Crippen LogP contribution in [0.2, 0.25) is 5.02 Å². The number of aromatic nitrogens is 2. The SMILES string of the molecule is Cc1cc(N2CCCC(C)C2)nc(NC(=S)NCC2(c3cccc(Cl)c3)CCCC2)n1. The zero-order chi connectivity index (χ0) is 21.8. The zero-order valence-corrected chi connectivity index (χ0v) is 20.0. The van der Waals surface area contributed by atoms with Crippen molar-refractivity contribution in [3.63, 3.8) is 0 Å². The Morgan fingerprint density at radius 1 is 1.23 bits per heavy atom. The van der Waals surface area contributed by atoms with Gasteiger partial charge in [0.15, 0.2) is 5.11 Å². The summed E-state index contributed by atoms with van der Waals surface area (Å²) in [6.45, 7) is 7.18. The normalized spacial score (nSPS) is 20.5. The summed E-state index contributed by atoms with van der Waals surface area (Å²) in [4.78, 5) is 11.7. The second kappa shape index (κ2) is 9.70. The van der Waals surface area contributed by atoms with E-state index in [2.05, 4.69) is 45.6 Å². The van der Waals surface area contributed by atoms with Crippen LogP contribution in [0.5, 0.6) is 0 Å². The molecule has 1 saturated carbocycles. The fraction of sp³-hybridized carbons (Fsp3) is 0.542. The van der Waals surface area contributed by atoms with E-state index in [0.29, 0.717) is 17.0 Å². The second-order valence-electron chi connectivity index (χ2n) is 9.19. The van der Waals surface area contributed by atoms with Crippen LogP contribution in [0.1, 0.15) is 56.7 Å². The maximum atomic E-state index is 6.28. The maximum absolute atomic E-state index is 6.28. The molecule has 2 aliphatic rings. The molecule has 1 atom stereocenters. The Balaban J connectivity index is 1.42. The van der Waals surface area contributed by atoms with Crippen LogP contribution in [0.3, 0.4) is 0 Å². The molecule has 31 heavy (non-hydrogen) atoms. The standard InChI is InChI=1S/C24H32ClN5S/c1-17-7-6-12-30(15-17)21-13-18(2)27-22(28-21)29-23(31)26-16-24(10-3-4-11-24)19-8-5-9-20(25)14-19/h5,8-9,13-14,17H,3-4,6-7,10-12,15-16H2,1-2H3,(H2,26,27,28,29,31). The number of anilines is 2. The summed E-state index contributed by atoms with van der Waals surface area (Å²) in [5.74, 6) is 2.24. The van der Waals surface area contributed by atoms with Crippen molar-refractivity contribution < 1.29 is 0 Å². The number of halogens is 1. The third-order valence-corrected chi connectivity index (χ3v) is 7.11. The van der Waals surface area contributed by atoms with Gasteiger partial charge < -0.3 is 15.5 Å². The van der Waals surface area contributed by atoms with Crippen LogP contribution in [-0.2, 0) is 5.41 Å². The Hall–Kier alpha value is -1.92. The lowest BCUT2D eigenvalue weighted by Gasteiger charge is -2.32. The van der Waals surface area contributed by atoms with Crippen LogP contribution in [0.15, 0.2) is 30.3 Å². The zero-order valence-electron chi connectivity index (χ0n) is 18.5. The van der Waals surface area contributed by atoms with Gasteiger partial charge in [0, 0.05) is 41.8 Å². The van der Waals surface area contributed by atoms with Gasteiger partial charge in [-0.25, -0.2) is 4.98 Å². The van der Waals surface area contributed by atoms with Gasteiger partial charge in [-0.2, -0.15) is 4.98 Å². The Morgan fingerprint density at radius 2 is 2.03 bits per heavy atom. The van der Waals surface area contributed by atoms with Crippen molar-refractivity contribution in [3.8, 4) is 0 Å². The lowest BCUT2D eigenvalue weighted by Crippen LogP contribution is -2.41. The fourth-order valence-electron chi connectivity index (χ4n) is 5.00. The van der Waals surface area contributed by atoms with Crippen LogP contribution >= 0.6 is 23.8 Å². The van der Waals surface area contributed by atoms with Gasteiger partial charge in [-0.15, -0.1) is 0 Å². The topological polar surface area (TPSA) is 53.1 Å². The Bertz CT molecular complexity index is 928. The van der Waals surface area contributed by atoms with Gasteiger partial charge in [-0.05, 0) is 68.4 Å². The summed E-state index contributed by atoms with van der Waals surface area (Å²) in [6.07, 6.45) is 7.23. The van der Waals surface area contributed by atoms with Crippen LogP contribution in [0.25, 0.3) is 0 Å². The van der Waals surface area contributed by atoms with Gasteiger partial charge >= 0.3 is 0 Å². The number of nitrogens with one attached hydrogen (secondary N) is 2. The van der Waals surface area contributed by atoms with E-state index < -0.39 is 0 Å². The van der Waals surface area contributed by atoms with E-state index in [1.54, 1.807) is 0 Å². The van der Waals surface area contributed by atoms with Gasteiger partial charge in [0.2, 0.25) is 5.95 Å². The minimum atomic E-state index is 0.0687. The molecule has 2 aromatic rings. The molecule has 2 N–H and O–H groups in total. The first-order chi connectivity index (χ1) is 14.9. The summed E-state index contributed by atoms with van der Waals surface area (Å²) >= 11 is 11.9. The monoisotopic (exact) mass is 457 g/mol. The van der Waals surface area contributed by atoms with Crippen LogP contribution < -0.4 is 15.5 Å². The van der Waals surface area contributed by atoms with E-state index in [1.807, 2.05) is 19.1 Å². The highest BCUT2D eigenvalue weighted by molar-refractivity contribution is 7.80. The summed E-state index contributed by atoms with van der Waals surface area (Å²) in [7, 11) is 0. The minimum absolute atomic E-state index is 0.0687. The molecule has 0 amide bonds. The summed E-state index contributed by atoms with van der Waals surface area (Å²) < 4.78 is 0. The molecule has 7 heteroatoms. The molecule has 166 valence electrons. The van der Waals surface area contributed by atoms with Crippen LogP contribution in [0.4, 0.5) is 11.8 Å². The molecule has 1 aromatic heterocycles. The average molecular weight is 458 g/mol. The van der Waals surface area contributed by atoms with Crippen molar-refractivity contribution in [2.45, 2.75) is 57.8 Å². The Labute approximate surface area is 196 Å². The number of rotatable bonds is 5. The smallest absolute Gasteiger partial charge is 0.231 e. The van der Waals surface area contributed by atoms with E-state index in [0.717, 1.165) is 49.0 Å². The molecule has 0 spiro atoms. The fourth-order valence-corrected chi connectivity index (χ4v) is 5.35. The van der Waals surface area contributed by atoms with E-state index in [-0.39, 0.29) is 5.41 Å². The molecule has 1 unspecified atom stereocenters. The number of aryl methyl sites for hydroxylation is 1. The average Bonchev–Trinajstić information content (AvgIpc) is 3.22. The molecule has 2 fully saturated rings. The first-order valence-corrected chi connectivity index (χ1v) is 12.1. The van der Waals surface area contributed by atoms with E-state index in [9.17, 15) is 0 Å². The Morgan fingerprint density at radius 3 is 2.77 bits per heavy atom. The minimum Gasteiger partial charge on any atom is -0.361 e. The van der Waals surface area contributed by atoms with Gasteiger partial charge in [-0.3, -0.25) is 0 Å². The first-order valence-electron chi connectivity index (χ1n) is 11.4. The van der Waals surface area contributed by atoms with Crippen LogP contribution in [-0.4, -0.2) is 34.7 Å². The second-order valence-corrected chi connectivity index (χ2v) is 10.0. The maximum Gasteiger partial charge on any atom is 0.231 e. The predicted octanol–water partition coefficient (Wildman–Crippen LogP) is 5.47. The third kappa shape index (κ3) is 5.47. The van der Waals surface area contributed by atoms with Gasteiger partial charge in [0.05, 0.1) is 0 Å². The first kappa shape index (κ1) is 22.3. The predicted molar refractivity (Wildman–Crippen MR) is 133 cm³/mol. The number of hydrogen-bond donors (Lipinski definition) is 2. The number of thiocarbonyl (C=S) groups is 1. The number of nitrogens with zero attached hydrogens (tertiary/aromatic N) is 3. The van der Waals surface area contributed by atoms with Crippen LogP contribution in [0, 0.1) is 12.8 Å². The summed E-state index contributed by atoms with van der Waals surface area (Å²) in [5, 5.41) is 8.02. The van der Waals surface area contributed by atoms with Crippen molar-refractivity contribution in [2.24, 2.45) is 5.92 Å². The highest BCUT2D eigenvalue weighted by Gasteiger charge is 2.35. The molecule has 1 saturated heterocycles. The summed E-state index contributed by atoms with van der Waals surface area (Å²) in [6, 6.07) is 10.3. The molecule has 1 aliphatic carbocycles. The van der Waals surface area contributed by atoms with Crippen molar-refractivity contribution >= 4 is 40.7 Å². The van der Waals surface area contributed by atoms with Gasteiger partial charge in [0.1, 0.15) is 5.82 Å². The van der Waals surface area contributed by atoms with Gasteiger partial charge in [0.25, 0.3) is 0 Å². The molecule has 5 nitrogen and oxygen atoms in total. The molecule has 1 aromatic carbocycles. The van der Waals surface area contributed by atoms with E-state index >= 15 is 0 Å². The van der Waals surface area contributed by atoms with E-state index in [1.165, 1.54) is 31.2 Å². The molecule has 0 radical (unpaired) electrons. The lowest BCUT2D eigenvalue weighted by atomic mass is 9.79. The van der Waals surface area contributed by atoms with Crippen molar-refractivity contribution in [1.82, 2.24) is 15.3 Å². The van der Waals surface area contributed by atoms with Crippen molar-refractivity contribution in [3.05, 3.63) is 46.6 Å². The van der Waals surface area contributed by atoms with Gasteiger partial charge in [-0.1, -0.05) is 43.5 Å². The molecule has 1 aliphatic heterocycles. The molecule has 0 bridgehead atoms. The molecule has 4 rings (SSSR count). The quantitative estimate of drug-likeness (QED) is 0.580. The highest BCUT2D eigenvalue weighted by Crippen LogP contribution is 2.41. The summed E-state index contributed by atoms with van der Waals surface area (Å²) in [5.41, 5.74) is 2.31. The van der Waals surface area contributed by atoms with E-state index in [4.69, 9.17) is 28.8 Å². The largest absolute Gasteiger partial charge is 0.361 e. The van der Waals surface area contributed by atoms with Crippen molar-refractivity contribution in [2.75, 3.05) is 29.9 Å². The number of hydrogen-bond acceptors (Lipinski definition) is 4. The van der Waals surface area contributed by atoms with Crippen molar-refractivity contribution in [1.29, 1.82) is 0 Å². The third-order valence-electron chi connectivity index (χ3n) is 6.63. The number of piperidine rings is 1. The highest BCUT2D eigenvalue weighted by atomic mass is 35.5. The Kier molecular flexibility index (Phi) is 6.97. The lowest BCUT2D eigenvalue weighted by molar-refractivity contribution is 0.435. The molecular weight excluding hydrogens is 426 g/mol. The molecule has 2 heterocycles. The number of benzene rings is 1. The molecular formula is C24H32ClN5S.